The molecule has 0 aromatic carbocycles. The fourth-order valence-electron chi connectivity index (χ4n) is 4.61. The van der Waals surface area contributed by atoms with E-state index in [9.17, 15) is 0 Å². The molecule has 1 saturated carbocycles. The van der Waals surface area contributed by atoms with Crippen molar-refractivity contribution >= 4 is 5.96 Å². The lowest BCUT2D eigenvalue weighted by Crippen LogP contribution is -2.42. The van der Waals surface area contributed by atoms with Crippen LogP contribution in [0.2, 0.25) is 0 Å². The number of rotatable bonds is 5. The molecule has 5 nitrogen and oxygen atoms in total. The van der Waals surface area contributed by atoms with Gasteiger partial charge in [-0.25, -0.2) is 0 Å². The van der Waals surface area contributed by atoms with Gasteiger partial charge in [0.15, 0.2) is 5.96 Å². The van der Waals surface area contributed by atoms with Gasteiger partial charge >= 0.3 is 0 Å². The highest BCUT2D eigenvalue weighted by molar-refractivity contribution is 5.80. The van der Waals surface area contributed by atoms with Crippen molar-refractivity contribution < 1.29 is 9.15 Å². The number of hydrogen-bond donors (Lipinski definition) is 1. The molecule has 0 radical (unpaired) electrons. The Hall–Kier alpha value is -1.49. The number of nitrogens with zero attached hydrogens (tertiary/aromatic N) is 2. The predicted octanol–water partition coefficient (Wildman–Crippen LogP) is 3.07. The van der Waals surface area contributed by atoms with Gasteiger partial charge in [-0.15, -0.1) is 0 Å². The third-order valence-corrected chi connectivity index (χ3v) is 6.16. The highest BCUT2D eigenvalue weighted by atomic mass is 16.5. The summed E-state index contributed by atoms with van der Waals surface area (Å²) < 4.78 is 11.0. The van der Waals surface area contributed by atoms with Crippen molar-refractivity contribution in [3.63, 3.8) is 0 Å². The maximum atomic E-state index is 5.51. The van der Waals surface area contributed by atoms with E-state index < -0.39 is 0 Å². The molecule has 1 atom stereocenters. The fraction of sp³-hybridized carbons (Fsp3) is 0.750. The summed E-state index contributed by atoms with van der Waals surface area (Å²) in [6.45, 7) is 5.85. The SMILES string of the molecule is c1coc(CCNC(=NCC2CCOC2)N2CCC3(CCCC3)C2)c1. The second kappa shape index (κ2) is 7.81. The lowest BCUT2D eigenvalue weighted by molar-refractivity contribution is 0.187. The second-order valence-corrected chi connectivity index (χ2v) is 8.03. The van der Waals surface area contributed by atoms with Gasteiger partial charge in [-0.05, 0) is 43.2 Å². The van der Waals surface area contributed by atoms with Gasteiger partial charge in [0.25, 0.3) is 0 Å². The van der Waals surface area contributed by atoms with E-state index in [-0.39, 0.29) is 0 Å². The van der Waals surface area contributed by atoms with Crippen LogP contribution in [0.1, 0.15) is 44.3 Å². The molecule has 0 amide bonds. The molecule has 4 rings (SSSR count). The van der Waals surface area contributed by atoms with Crippen LogP contribution in [0.5, 0.6) is 0 Å². The third kappa shape index (κ3) is 4.20. The molecule has 3 aliphatic rings. The summed E-state index contributed by atoms with van der Waals surface area (Å²) in [6, 6.07) is 3.99. The van der Waals surface area contributed by atoms with E-state index in [4.69, 9.17) is 14.1 Å². The van der Waals surface area contributed by atoms with Gasteiger partial charge < -0.3 is 19.4 Å². The molecule has 1 spiro atoms. The Morgan fingerprint density at radius 2 is 2.24 bits per heavy atom. The first-order valence-electron chi connectivity index (χ1n) is 9.96. The molecule has 1 aliphatic carbocycles. The molecule has 1 aromatic rings. The van der Waals surface area contributed by atoms with Crippen LogP contribution in [-0.4, -0.2) is 50.3 Å². The molecule has 25 heavy (non-hydrogen) atoms. The van der Waals surface area contributed by atoms with Crippen molar-refractivity contribution in [3.8, 4) is 0 Å². The summed E-state index contributed by atoms with van der Waals surface area (Å²) in [5.41, 5.74) is 0.569. The zero-order valence-corrected chi connectivity index (χ0v) is 15.2. The molecule has 2 aliphatic heterocycles. The highest BCUT2D eigenvalue weighted by Crippen LogP contribution is 2.45. The van der Waals surface area contributed by atoms with Crippen molar-refractivity contribution in [2.24, 2.45) is 16.3 Å². The maximum Gasteiger partial charge on any atom is 0.193 e. The summed E-state index contributed by atoms with van der Waals surface area (Å²) >= 11 is 0. The molecule has 138 valence electrons. The van der Waals surface area contributed by atoms with Crippen LogP contribution >= 0.6 is 0 Å². The normalized spacial score (nSPS) is 26.0. The molecule has 1 aromatic heterocycles. The van der Waals surface area contributed by atoms with E-state index in [2.05, 4.69) is 10.2 Å². The zero-order valence-electron chi connectivity index (χ0n) is 15.2. The monoisotopic (exact) mass is 345 g/mol. The number of guanidine groups is 1. The Kier molecular flexibility index (Phi) is 5.30. The molecule has 5 heteroatoms. The number of aliphatic imine (C=N–C) groups is 1. The summed E-state index contributed by atoms with van der Waals surface area (Å²) in [5, 5.41) is 3.61. The topological polar surface area (TPSA) is 50.0 Å². The smallest absolute Gasteiger partial charge is 0.193 e. The number of furan rings is 1. The van der Waals surface area contributed by atoms with Gasteiger partial charge in [0.1, 0.15) is 5.76 Å². The minimum atomic E-state index is 0.569. The van der Waals surface area contributed by atoms with Crippen LogP contribution in [0.3, 0.4) is 0 Å². The average molecular weight is 345 g/mol. The van der Waals surface area contributed by atoms with Crippen molar-refractivity contribution in [3.05, 3.63) is 24.2 Å². The van der Waals surface area contributed by atoms with Gasteiger partial charge in [0.2, 0.25) is 0 Å². The molecular formula is C20H31N3O2. The first kappa shape index (κ1) is 17.0. The number of nitrogens with one attached hydrogen (secondary N) is 1. The first-order valence-corrected chi connectivity index (χ1v) is 9.96. The molecule has 3 fully saturated rings. The predicted molar refractivity (Wildman–Crippen MR) is 98.7 cm³/mol. The Bertz CT molecular complexity index is 558. The van der Waals surface area contributed by atoms with Crippen molar-refractivity contribution in [2.45, 2.75) is 44.9 Å². The standard InChI is InChI=1S/C20H31N3O2/c1-2-8-20(7-1)9-11-23(16-20)19(22-14-17-6-13-24-15-17)21-10-5-18-4-3-12-25-18/h3-4,12,17H,1-2,5-11,13-16H2,(H,21,22). The van der Waals surface area contributed by atoms with E-state index in [1.54, 1.807) is 6.26 Å². The largest absolute Gasteiger partial charge is 0.469 e. The Balaban J connectivity index is 1.36. The molecular weight excluding hydrogens is 314 g/mol. The minimum Gasteiger partial charge on any atom is -0.469 e. The third-order valence-electron chi connectivity index (χ3n) is 6.16. The van der Waals surface area contributed by atoms with Gasteiger partial charge in [0, 0.05) is 45.1 Å². The van der Waals surface area contributed by atoms with Gasteiger partial charge in [-0.1, -0.05) is 12.8 Å². The van der Waals surface area contributed by atoms with E-state index in [0.717, 1.165) is 57.4 Å². The van der Waals surface area contributed by atoms with Crippen LogP contribution in [0.15, 0.2) is 27.8 Å². The van der Waals surface area contributed by atoms with Crippen molar-refractivity contribution in [1.82, 2.24) is 10.2 Å². The zero-order chi connectivity index (χ0) is 17.0. The molecule has 2 saturated heterocycles. The Morgan fingerprint density at radius 3 is 3.00 bits per heavy atom. The first-order chi connectivity index (χ1) is 12.3. The maximum absolute atomic E-state index is 5.51. The van der Waals surface area contributed by atoms with Gasteiger partial charge in [0.05, 0.1) is 12.9 Å². The Morgan fingerprint density at radius 1 is 1.32 bits per heavy atom. The highest BCUT2D eigenvalue weighted by Gasteiger charge is 2.41. The van der Waals surface area contributed by atoms with Gasteiger partial charge in [-0.3, -0.25) is 4.99 Å². The number of ether oxygens (including phenoxy) is 1. The minimum absolute atomic E-state index is 0.569. The van der Waals surface area contributed by atoms with E-state index in [1.165, 1.54) is 38.6 Å². The molecule has 1 unspecified atom stereocenters. The average Bonchev–Trinajstić information content (AvgIpc) is 3.41. The molecule has 0 bridgehead atoms. The van der Waals surface area contributed by atoms with E-state index >= 15 is 0 Å². The number of hydrogen-bond acceptors (Lipinski definition) is 3. The lowest BCUT2D eigenvalue weighted by atomic mass is 9.86. The van der Waals surface area contributed by atoms with Crippen molar-refractivity contribution in [1.29, 1.82) is 0 Å². The van der Waals surface area contributed by atoms with Crippen LogP contribution in [-0.2, 0) is 11.2 Å². The Labute approximate surface area is 150 Å². The summed E-state index contributed by atoms with van der Waals surface area (Å²) in [6.07, 6.45) is 10.7. The summed E-state index contributed by atoms with van der Waals surface area (Å²) in [5.74, 6) is 2.72. The molecule has 1 N–H and O–H groups in total. The summed E-state index contributed by atoms with van der Waals surface area (Å²) in [4.78, 5) is 7.49. The van der Waals surface area contributed by atoms with E-state index in [0.29, 0.717) is 11.3 Å². The van der Waals surface area contributed by atoms with Crippen LogP contribution in [0.25, 0.3) is 0 Å². The molecule has 3 heterocycles. The fourth-order valence-corrected chi connectivity index (χ4v) is 4.61. The van der Waals surface area contributed by atoms with Gasteiger partial charge in [-0.2, -0.15) is 0 Å². The van der Waals surface area contributed by atoms with Crippen LogP contribution in [0, 0.1) is 11.3 Å². The lowest BCUT2D eigenvalue weighted by Gasteiger charge is -2.26. The van der Waals surface area contributed by atoms with Crippen molar-refractivity contribution in [2.75, 3.05) is 39.4 Å². The second-order valence-electron chi connectivity index (χ2n) is 8.03. The summed E-state index contributed by atoms with van der Waals surface area (Å²) in [7, 11) is 0. The van der Waals surface area contributed by atoms with Crippen LogP contribution in [0.4, 0.5) is 0 Å². The van der Waals surface area contributed by atoms with Crippen LogP contribution < -0.4 is 5.32 Å². The number of likely N-dealkylation sites (tertiary alicyclic amines) is 1. The van der Waals surface area contributed by atoms with E-state index in [1.807, 2.05) is 12.1 Å². The quantitative estimate of drug-likeness (QED) is 0.658.